The summed E-state index contributed by atoms with van der Waals surface area (Å²) < 4.78 is 14.4. The Kier molecular flexibility index (Phi) is 19.9. The zero-order chi connectivity index (χ0) is 47.4. The van der Waals surface area contributed by atoms with Crippen LogP contribution >= 0.6 is 16.3 Å². The maximum absolute atomic E-state index is 7.20. The van der Waals surface area contributed by atoms with Crippen LogP contribution in [-0.4, -0.2) is 6.54 Å². The van der Waals surface area contributed by atoms with Crippen molar-refractivity contribution in [1.29, 1.82) is 0 Å². The van der Waals surface area contributed by atoms with E-state index in [1.54, 1.807) is 0 Å². The van der Waals surface area contributed by atoms with Crippen molar-refractivity contribution in [2.24, 2.45) is 0 Å². The molecule has 4 atom stereocenters. The first-order chi connectivity index (χ1) is 34.8. The molecule has 0 saturated heterocycles. The molecule has 0 heterocycles. The summed E-state index contributed by atoms with van der Waals surface area (Å²) in [6.07, 6.45) is 8.14. The zero-order valence-electron chi connectivity index (χ0n) is 39.5. The second-order valence-corrected chi connectivity index (χ2v) is 20.6. The number of allylic oxidation sites excluding steroid dienone is 1. The van der Waals surface area contributed by atoms with Crippen LogP contribution in [0.5, 0.6) is 0 Å². The minimum absolute atomic E-state index is 0. The van der Waals surface area contributed by atoms with Crippen molar-refractivity contribution in [3.05, 3.63) is 326 Å². The van der Waals surface area contributed by atoms with E-state index in [0.29, 0.717) is 0 Å². The Morgan fingerprint density at radius 2 is 0.761 bits per heavy atom. The van der Waals surface area contributed by atoms with E-state index in [1.165, 1.54) is 43.8 Å². The molecule has 0 aliphatic heterocycles. The van der Waals surface area contributed by atoms with Gasteiger partial charge in [0.25, 0.3) is 0 Å². The van der Waals surface area contributed by atoms with Gasteiger partial charge in [-0.3, -0.25) is 0 Å². The minimum atomic E-state index is -1.03. The van der Waals surface area contributed by atoms with Crippen LogP contribution in [0.1, 0.15) is 52.1 Å². The van der Waals surface area contributed by atoms with Crippen molar-refractivity contribution >= 4 is 37.5 Å². The number of hydrogen-bond donors (Lipinski definition) is 2. The third kappa shape index (κ3) is 14.5. The van der Waals surface area contributed by atoms with Gasteiger partial charge in [-0.05, 0) is 35.3 Å². The molecule has 1 aliphatic rings. The van der Waals surface area contributed by atoms with Gasteiger partial charge in [-0.15, -0.1) is 12.8 Å². The molecule has 2 N–H and O–H groups in total. The Balaban J connectivity index is 0.000000188. The third-order valence-electron chi connectivity index (χ3n) is 12.1. The molecule has 0 spiro atoms. The summed E-state index contributed by atoms with van der Waals surface area (Å²) in [5, 5.41) is 12.5. The number of benzene rings is 8. The van der Waals surface area contributed by atoms with Gasteiger partial charge in [0.1, 0.15) is 12.2 Å². The van der Waals surface area contributed by atoms with Gasteiger partial charge in [-0.25, -0.2) is 30.2 Å². The van der Waals surface area contributed by atoms with Gasteiger partial charge in [-0.1, -0.05) is 243 Å². The molecule has 1 aliphatic carbocycles. The van der Waals surface area contributed by atoms with Crippen LogP contribution in [0.4, 0.5) is 0 Å². The average Bonchev–Trinajstić information content (AvgIpc) is 4.19. The Labute approximate surface area is 434 Å². The SMILES string of the molecule is [CH]1[CH][C-](CN[C@@H](c2ccccc2)[C@H](OP(c2ccccc2)c2ccccc2)c2ccccc2)C=C1.[Fe+2].c1ccc([C@@H](OP(c2ccccc2)c2ccccc2)[C@@H](NCc2ccc[cH-]2)c2ccccc2)cc1. The Morgan fingerprint density at radius 1 is 0.408 bits per heavy atom. The molecule has 71 heavy (non-hydrogen) atoms. The molecular formula is C64H58FeN2O2P2. The summed E-state index contributed by atoms with van der Waals surface area (Å²) in [7, 11) is -2.06. The molecule has 9 aromatic carbocycles. The summed E-state index contributed by atoms with van der Waals surface area (Å²) in [5.41, 5.74) is 6.02. The van der Waals surface area contributed by atoms with Gasteiger partial charge in [0.2, 0.25) is 0 Å². The third-order valence-corrected chi connectivity index (χ3v) is 16.0. The van der Waals surface area contributed by atoms with Gasteiger partial charge in [0.15, 0.2) is 0 Å². The van der Waals surface area contributed by atoms with Gasteiger partial charge < -0.3 is 19.7 Å². The van der Waals surface area contributed by atoms with Crippen molar-refractivity contribution in [2.75, 3.05) is 6.54 Å². The maximum atomic E-state index is 7.20. The smallest absolute Gasteiger partial charge is 0.340 e. The number of rotatable bonds is 20. The molecule has 0 fully saturated rings. The molecule has 0 aromatic heterocycles. The molecule has 0 bridgehead atoms. The second kappa shape index (κ2) is 27.5. The second-order valence-electron chi connectivity index (χ2n) is 16.9. The van der Waals surface area contributed by atoms with E-state index in [9.17, 15) is 0 Å². The van der Waals surface area contributed by atoms with Gasteiger partial charge in [-0.2, -0.15) is 17.7 Å². The van der Waals surface area contributed by atoms with Gasteiger partial charge in [0.05, 0.1) is 28.4 Å². The summed E-state index contributed by atoms with van der Waals surface area (Å²) in [4.78, 5) is 0. The van der Waals surface area contributed by atoms with E-state index in [1.807, 2.05) is 0 Å². The van der Waals surface area contributed by atoms with Gasteiger partial charge >= 0.3 is 17.1 Å². The fourth-order valence-corrected chi connectivity index (χ4v) is 12.4. The average molecular weight is 1000 g/mol. The normalized spacial score (nSPS) is 13.7. The minimum Gasteiger partial charge on any atom is -0.340 e. The molecule has 0 saturated carbocycles. The predicted octanol–water partition coefficient (Wildman–Crippen LogP) is 13.7. The van der Waals surface area contributed by atoms with Crippen LogP contribution in [-0.2, 0) is 32.7 Å². The van der Waals surface area contributed by atoms with Crippen LogP contribution in [0, 0.1) is 18.8 Å². The standard InChI is InChI=1S/2C32H29NOP.Fe/c2*1-5-17-27(18-6-1)31(33-25-26-15-13-14-16-26)32(28-19-7-2-8-20-28)34-35(29-21-9-3-10-22-29)30-23-11-4-12-24-30;/h2*1-24,31-33H,25H2;/q2*-1;+2/t2*31-,32+;/m00./s1. The van der Waals surface area contributed by atoms with Crippen LogP contribution < -0.4 is 31.9 Å². The summed E-state index contributed by atoms with van der Waals surface area (Å²) >= 11 is 0. The number of hydrogen-bond acceptors (Lipinski definition) is 4. The summed E-state index contributed by atoms with van der Waals surface area (Å²) in [5.74, 6) is 1.27. The van der Waals surface area contributed by atoms with Crippen LogP contribution in [0.2, 0.25) is 0 Å². The van der Waals surface area contributed by atoms with E-state index in [4.69, 9.17) is 9.05 Å². The van der Waals surface area contributed by atoms with Crippen LogP contribution in [0.15, 0.2) is 279 Å². The van der Waals surface area contributed by atoms with E-state index < -0.39 is 16.3 Å². The van der Waals surface area contributed by atoms with E-state index in [-0.39, 0.29) is 41.4 Å². The van der Waals surface area contributed by atoms with Crippen LogP contribution in [0.3, 0.4) is 0 Å². The molecule has 10 rings (SSSR count). The Morgan fingerprint density at radius 3 is 1.10 bits per heavy atom. The van der Waals surface area contributed by atoms with Crippen LogP contribution in [0.25, 0.3) is 0 Å². The Hall–Kier alpha value is -6.06. The predicted molar refractivity (Wildman–Crippen MR) is 295 cm³/mol. The van der Waals surface area contributed by atoms with E-state index in [0.717, 1.165) is 24.2 Å². The topological polar surface area (TPSA) is 42.5 Å². The molecule has 2 radical (unpaired) electrons. The number of nitrogens with one attached hydrogen (secondary N) is 2. The van der Waals surface area contributed by atoms with Crippen molar-refractivity contribution in [1.82, 2.24) is 10.6 Å². The summed E-state index contributed by atoms with van der Waals surface area (Å²) in [6, 6.07) is 93.4. The van der Waals surface area contributed by atoms with Crippen molar-refractivity contribution in [2.45, 2.75) is 30.8 Å². The zero-order valence-corrected chi connectivity index (χ0v) is 42.4. The van der Waals surface area contributed by atoms with Crippen molar-refractivity contribution < 1.29 is 26.1 Å². The quantitative estimate of drug-likeness (QED) is 0.0454. The van der Waals surface area contributed by atoms with E-state index in [2.05, 4.69) is 303 Å². The van der Waals surface area contributed by atoms with Crippen molar-refractivity contribution in [3.8, 4) is 0 Å². The fourth-order valence-electron chi connectivity index (χ4n) is 8.58. The first kappa shape index (κ1) is 51.3. The molecule has 354 valence electrons. The first-order valence-corrected chi connectivity index (χ1v) is 26.5. The largest absolute Gasteiger partial charge is 2.00 e. The Bertz CT molecular complexity index is 2770. The molecular weight excluding hydrogens is 947 g/mol. The van der Waals surface area contributed by atoms with Crippen molar-refractivity contribution in [3.63, 3.8) is 0 Å². The monoisotopic (exact) mass is 1000 g/mol. The first-order valence-electron chi connectivity index (χ1n) is 24.0. The summed E-state index contributed by atoms with van der Waals surface area (Å²) in [6.45, 7) is 1.54. The molecule has 0 unspecified atom stereocenters. The molecule has 4 nitrogen and oxygen atoms in total. The van der Waals surface area contributed by atoms with E-state index >= 15 is 0 Å². The maximum Gasteiger partial charge on any atom is 2.00 e. The molecule has 7 heteroatoms. The molecule has 0 amide bonds. The van der Waals surface area contributed by atoms with Gasteiger partial charge in [0, 0.05) is 21.2 Å². The fraction of sp³-hybridized carbons (Fsp3) is 0.0938. The molecule has 9 aromatic rings.